The summed E-state index contributed by atoms with van der Waals surface area (Å²) in [4.78, 5) is 42.5. The third kappa shape index (κ3) is 30.5. The Labute approximate surface area is 190 Å². The van der Waals surface area contributed by atoms with Crippen LogP contribution in [0, 0.1) is 5.92 Å². The first-order chi connectivity index (χ1) is 14.7. The highest BCUT2D eigenvalue weighted by Crippen LogP contribution is 2.39. The van der Waals surface area contributed by atoms with Gasteiger partial charge in [0, 0.05) is 0 Å². The van der Waals surface area contributed by atoms with E-state index in [1.54, 1.807) is 0 Å². The molecule has 0 saturated carbocycles. The van der Waals surface area contributed by atoms with Crippen LogP contribution in [0.1, 0.15) is 67.2 Å². The molecule has 0 aliphatic rings. The van der Waals surface area contributed by atoms with Crippen molar-refractivity contribution >= 4 is 25.6 Å². The van der Waals surface area contributed by atoms with E-state index < -0.39 is 45.3 Å². The second-order valence-electron chi connectivity index (χ2n) is 7.41. The van der Waals surface area contributed by atoms with Crippen LogP contribution in [0.4, 0.5) is 4.79 Å². The summed E-state index contributed by atoms with van der Waals surface area (Å²) in [6.07, 6.45) is 1.06. The van der Waals surface area contributed by atoms with Crippen molar-refractivity contribution in [2.45, 2.75) is 79.3 Å². The van der Waals surface area contributed by atoms with E-state index in [1.807, 2.05) is 46.9 Å². The molecule has 1 amide bonds. The van der Waals surface area contributed by atoms with Crippen LogP contribution < -0.4 is 16.8 Å². The number of carboxylic acids is 1. The zero-order valence-corrected chi connectivity index (χ0v) is 20.9. The number of carbonyl (C=O) groups is 3. The summed E-state index contributed by atoms with van der Waals surface area (Å²) in [5.74, 6) is -2.15. The van der Waals surface area contributed by atoms with Gasteiger partial charge in [-0.3, -0.25) is 13.9 Å². The Morgan fingerprint density at radius 1 is 0.969 bits per heavy atom. The molecule has 0 saturated heterocycles. The fourth-order valence-corrected chi connectivity index (χ4v) is 2.49. The molecule has 0 fully saturated rings. The Morgan fingerprint density at radius 2 is 1.41 bits per heavy atom. The number of nitrogens with two attached hydrogens (primary N) is 2. The highest BCUT2D eigenvalue weighted by molar-refractivity contribution is 7.52. The van der Waals surface area contributed by atoms with Gasteiger partial charge in [0.15, 0.2) is 6.61 Å². The van der Waals surface area contributed by atoms with E-state index in [2.05, 4.69) is 9.26 Å². The molecule has 13 heteroatoms. The van der Waals surface area contributed by atoms with Crippen LogP contribution in [-0.2, 0) is 28.2 Å². The third-order valence-electron chi connectivity index (χ3n) is 2.81. The standard InChI is InChI=1S/C13H24NO9P.2C3H9N/c1-3-5-10(6-4-2)12(17)21-9-22-13(18)14-8-24(19,20)23-7-11(15)16;2*1-3(2)4/h10H,3-9H2,1-2H3,(H,14,18)(H,15,16)(H,19,20);2*3H,4H2,1-2H3. The molecule has 12 nitrogen and oxygen atoms in total. The molecule has 32 heavy (non-hydrogen) atoms. The Bertz CT molecular complexity index is 543. The minimum Gasteiger partial charge on any atom is -0.480 e. The topological polar surface area (TPSA) is 200 Å². The lowest BCUT2D eigenvalue weighted by molar-refractivity contribution is -0.157. The summed E-state index contributed by atoms with van der Waals surface area (Å²) in [5, 5.41) is 10.2. The molecule has 0 spiro atoms. The molecule has 0 bridgehead atoms. The first kappa shape index (κ1) is 34.9. The molecule has 0 rings (SSSR count). The van der Waals surface area contributed by atoms with Crippen molar-refractivity contribution < 1.29 is 42.9 Å². The van der Waals surface area contributed by atoms with Gasteiger partial charge < -0.3 is 36.3 Å². The Balaban J connectivity index is -0.000000896. The summed E-state index contributed by atoms with van der Waals surface area (Å²) >= 11 is 0. The molecule has 0 aliphatic heterocycles. The summed E-state index contributed by atoms with van der Waals surface area (Å²) in [5.41, 5.74) is 10.2. The molecule has 0 aromatic rings. The number of hydrogen-bond donors (Lipinski definition) is 5. The number of ether oxygens (including phenoxy) is 2. The van der Waals surface area contributed by atoms with E-state index >= 15 is 0 Å². The normalized spacial score (nSPS) is 12.1. The number of alkyl carbamates (subject to hydrolysis) is 1. The van der Waals surface area contributed by atoms with Gasteiger partial charge in [-0.15, -0.1) is 0 Å². The summed E-state index contributed by atoms with van der Waals surface area (Å²) in [6.45, 7) is 10.1. The van der Waals surface area contributed by atoms with Crippen LogP contribution in [0.3, 0.4) is 0 Å². The molecule has 192 valence electrons. The number of nitrogens with one attached hydrogen (secondary N) is 1. The maximum Gasteiger partial charge on any atom is 0.410 e. The Morgan fingerprint density at radius 3 is 1.78 bits per heavy atom. The molecule has 1 atom stereocenters. The van der Waals surface area contributed by atoms with Gasteiger partial charge in [0.25, 0.3) is 0 Å². The molecule has 0 aliphatic carbocycles. The minimum absolute atomic E-state index is 0.256. The maximum absolute atomic E-state index is 11.8. The largest absolute Gasteiger partial charge is 0.480 e. The van der Waals surface area contributed by atoms with Crippen LogP contribution in [-0.4, -0.2) is 59.8 Å². The lowest BCUT2D eigenvalue weighted by Crippen LogP contribution is -2.28. The molecule has 0 aromatic carbocycles. The van der Waals surface area contributed by atoms with Gasteiger partial charge in [0.1, 0.15) is 6.29 Å². The van der Waals surface area contributed by atoms with Gasteiger partial charge in [-0.2, -0.15) is 0 Å². The predicted molar refractivity (Wildman–Crippen MR) is 121 cm³/mol. The number of carbonyl (C=O) groups excluding carboxylic acids is 2. The number of rotatable bonds is 12. The maximum atomic E-state index is 11.8. The van der Waals surface area contributed by atoms with Crippen molar-refractivity contribution in [3.8, 4) is 0 Å². The Kier molecular flexibility index (Phi) is 23.0. The number of carboxylic acid groups (broad SMARTS) is 1. The van der Waals surface area contributed by atoms with Crippen LogP contribution >= 0.6 is 7.60 Å². The van der Waals surface area contributed by atoms with Gasteiger partial charge in [0.05, 0.1) is 5.92 Å². The first-order valence-corrected chi connectivity index (χ1v) is 12.2. The van der Waals surface area contributed by atoms with Crippen LogP contribution in [0.2, 0.25) is 0 Å². The third-order valence-corrected chi connectivity index (χ3v) is 3.90. The first-order valence-electron chi connectivity index (χ1n) is 10.4. The number of amides is 1. The number of aliphatic carboxylic acids is 1. The predicted octanol–water partition coefficient (Wildman–Crippen LogP) is 2.38. The van der Waals surface area contributed by atoms with Crippen molar-refractivity contribution in [2.24, 2.45) is 17.4 Å². The number of esters is 1. The van der Waals surface area contributed by atoms with Gasteiger partial charge in [-0.1, -0.05) is 54.4 Å². The molecule has 0 aromatic heterocycles. The molecular formula is C19H42N3O9P. The van der Waals surface area contributed by atoms with E-state index in [9.17, 15) is 23.8 Å². The molecule has 0 heterocycles. The average molecular weight is 488 g/mol. The quantitative estimate of drug-likeness (QED) is 0.154. The van der Waals surface area contributed by atoms with Gasteiger partial charge >= 0.3 is 25.6 Å². The summed E-state index contributed by atoms with van der Waals surface area (Å²) < 4.78 is 24.9. The lowest BCUT2D eigenvalue weighted by Gasteiger charge is -2.15. The van der Waals surface area contributed by atoms with Crippen molar-refractivity contribution in [1.29, 1.82) is 0 Å². The van der Waals surface area contributed by atoms with Crippen molar-refractivity contribution in [1.82, 2.24) is 5.32 Å². The fourth-order valence-electron chi connectivity index (χ4n) is 1.75. The smallest absolute Gasteiger partial charge is 0.410 e. The van der Waals surface area contributed by atoms with Crippen molar-refractivity contribution in [2.75, 3.05) is 19.7 Å². The Hall–Kier alpha value is -1.72. The van der Waals surface area contributed by atoms with E-state index in [-0.39, 0.29) is 5.92 Å². The molecule has 0 radical (unpaired) electrons. The second kappa shape index (κ2) is 21.1. The highest BCUT2D eigenvalue weighted by atomic mass is 31.2. The molecular weight excluding hydrogens is 445 g/mol. The van der Waals surface area contributed by atoms with Crippen LogP contribution in [0.15, 0.2) is 0 Å². The molecule has 7 N–H and O–H groups in total. The van der Waals surface area contributed by atoms with Crippen molar-refractivity contribution in [3.63, 3.8) is 0 Å². The van der Waals surface area contributed by atoms with Crippen LogP contribution in [0.25, 0.3) is 0 Å². The van der Waals surface area contributed by atoms with Gasteiger partial charge in [-0.05, 0) is 24.9 Å². The zero-order valence-electron chi connectivity index (χ0n) is 20.0. The number of hydrogen-bond acceptors (Lipinski definition) is 9. The van der Waals surface area contributed by atoms with E-state index in [0.29, 0.717) is 24.9 Å². The van der Waals surface area contributed by atoms with Gasteiger partial charge in [-0.25, -0.2) is 9.59 Å². The fraction of sp³-hybridized carbons (Fsp3) is 0.842. The summed E-state index contributed by atoms with van der Waals surface area (Å²) in [7, 11) is -4.29. The zero-order chi connectivity index (χ0) is 25.7. The summed E-state index contributed by atoms with van der Waals surface area (Å²) in [6, 6.07) is 0.667. The van der Waals surface area contributed by atoms with E-state index in [1.165, 1.54) is 0 Å². The van der Waals surface area contributed by atoms with E-state index in [0.717, 1.165) is 12.8 Å². The molecule has 1 unspecified atom stereocenters. The lowest BCUT2D eigenvalue weighted by atomic mass is 9.99. The highest BCUT2D eigenvalue weighted by Gasteiger charge is 2.23. The average Bonchev–Trinajstić information content (AvgIpc) is 2.64. The van der Waals surface area contributed by atoms with Crippen molar-refractivity contribution in [3.05, 3.63) is 0 Å². The monoisotopic (exact) mass is 487 g/mol. The SMILES string of the molecule is CC(C)N.CC(C)N.CCCC(CCC)C(=O)OCOC(=O)NCP(=O)(O)OCC(=O)O. The minimum atomic E-state index is -4.29. The van der Waals surface area contributed by atoms with Crippen LogP contribution in [0.5, 0.6) is 0 Å². The van der Waals surface area contributed by atoms with Gasteiger partial charge in [0.2, 0.25) is 6.79 Å². The second-order valence-corrected chi connectivity index (χ2v) is 9.26. The van der Waals surface area contributed by atoms with E-state index in [4.69, 9.17) is 21.3 Å².